The molecule has 1 atom stereocenters. The van der Waals surface area contributed by atoms with Crippen molar-refractivity contribution in [2.24, 2.45) is 0 Å². The lowest BCUT2D eigenvalue weighted by molar-refractivity contribution is -0.116. The summed E-state index contributed by atoms with van der Waals surface area (Å²) in [6.45, 7) is 0. The van der Waals surface area contributed by atoms with E-state index in [0.717, 1.165) is 10.5 Å². The Bertz CT molecular complexity index is 1940. The first kappa shape index (κ1) is 33.8. The van der Waals surface area contributed by atoms with Gasteiger partial charge in [-0.1, -0.05) is 90.5 Å². The summed E-state index contributed by atoms with van der Waals surface area (Å²) in [6, 6.07) is 37.4. The van der Waals surface area contributed by atoms with Gasteiger partial charge in [0, 0.05) is 21.7 Å². The summed E-state index contributed by atoms with van der Waals surface area (Å²) in [5, 5.41) is 8.37. The van der Waals surface area contributed by atoms with Gasteiger partial charge in [0.05, 0.1) is 24.9 Å². The van der Waals surface area contributed by atoms with Crippen LogP contribution < -0.4 is 25.4 Å². The second kappa shape index (κ2) is 16.4. The molecule has 3 N–H and O–H groups in total. The van der Waals surface area contributed by atoms with E-state index in [0.29, 0.717) is 39.0 Å². The van der Waals surface area contributed by atoms with Gasteiger partial charge in [0.25, 0.3) is 11.8 Å². The molecule has 0 fully saturated rings. The van der Waals surface area contributed by atoms with Crippen LogP contribution in [0.5, 0.6) is 11.5 Å². The highest BCUT2D eigenvalue weighted by Crippen LogP contribution is 2.38. The molecule has 0 heterocycles. The van der Waals surface area contributed by atoms with Crippen LogP contribution >= 0.6 is 23.4 Å². The Balaban J connectivity index is 1.42. The minimum absolute atomic E-state index is 0.0188. The van der Waals surface area contributed by atoms with Crippen molar-refractivity contribution in [3.05, 3.63) is 155 Å². The van der Waals surface area contributed by atoms with Crippen LogP contribution in [0.3, 0.4) is 0 Å². The van der Waals surface area contributed by atoms with Crippen LogP contribution in [0, 0.1) is 0 Å². The number of halogens is 1. The number of carbonyl (C=O) groups is 3. The van der Waals surface area contributed by atoms with Crippen molar-refractivity contribution in [1.29, 1.82) is 0 Å². The van der Waals surface area contributed by atoms with Crippen molar-refractivity contribution in [2.45, 2.75) is 10.1 Å². The number of nitrogens with one attached hydrogen (secondary N) is 3. The number of benzene rings is 5. The predicted octanol–water partition coefficient (Wildman–Crippen LogP) is 8.24. The van der Waals surface area contributed by atoms with Crippen molar-refractivity contribution in [3.8, 4) is 11.5 Å². The fourth-order valence-corrected chi connectivity index (χ4v) is 6.03. The van der Waals surface area contributed by atoms with E-state index in [9.17, 15) is 14.4 Å². The van der Waals surface area contributed by atoms with Gasteiger partial charge in [0.15, 0.2) is 11.5 Å². The molecule has 0 aliphatic carbocycles. The van der Waals surface area contributed by atoms with E-state index in [4.69, 9.17) is 21.1 Å². The number of hydrogen-bond acceptors (Lipinski definition) is 6. The molecule has 0 radical (unpaired) electrons. The van der Waals surface area contributed by atoms with Gasteiger partial charge in [-0.15, -0.1) is 11.8 Å². The van der Waals surface area contributed by atoms with Crippen LogP contribution in [-0.4, -0.2) is 31.9 Å². The van der Waals surface area contributed by atoms with Crippen LogP contribution in [0.1, 0.15) is 26.7 Å². The summed E-state index contributed by atoms with van der Waals surface area (Å²) < 4.78 is 11.0. The van der Waals surface area contributed by atoms with E-state index >= 15 is 0 Å². The van der Waals surface area contributed by atoms with Crippen molar-refractivity contribution < 1.29 is 23.9 Å². The number of thioether (sulfide) groups is 1. The van der Waals surface area contributed by atoms with Crippen molar-refractivity contribution in [1.82, 2.24) is 5.32 Å². The molecule has 0 saturated carbocycles. The molecule has 0 spiro atoms. The quantitative estimate of drug-likeness (QED) is 0.0908. The van der Waals surface area contributed by atoms with E-state index in [1.807, 2.05) is 36.4 Å². The molecule has 0 saturated heterocycles. The Labute approximate surface area is 288 Å². The van der Waals surface area contributed by atoms with E-state index in [-0.39, 0.29) is 11.6 Å². The molecule has 1 unspecified atom stereocenters. The first-order chi connectivity index (χ1) is 23.4. The number of methoxy groups -OCH3 is 2. The maximum absolute atomic E-state index is 13.8. The smallest absolute Gasteiger partial charge is 0.272 e. The second-order valence-electron chi connectivity index (χ2n) is 10.3. The second-order valence-corrected chi connectivity index (χ2v) is 11.9. The average molecular weight is 678 g/mol. The Morgan fingerprint density at radius 3 is 2.15 bits per heavy atom. The van der Waals surface area contributed by atoms with Crippen LogP contribution in [0.4, 0.5) is 11.4 Å². The lowest BCUT2D eigenvalue weighted by Gasteiger charge is -2.18. The first-order valence-electron chi connectivity index (χ1n) is 14.8. The zero-order valence-corrected chi connectivity index (χ0v) is 27.7. The van der Waals surface area contributed by atoms with Gasteiger partial charge in [-0.05, 0) is 60.2 Å². The minimum Gasteiger partial charge on any atom is -0.493 e. The minimum atomic E-state index is -0.630. The molecule has 10 heteroatoms. The van der Waals surface area contributed by atoms with Gasteiger partial charge in [-0.2, -0.15) is 0 Å². The summed E-state index contributed by atoms with van der Waals surface area (Å²) >= 11 is 7.64. The van der Waals surface area contributed by atoms with E-state index in [1.54, 1.807) is 91.0 Å². The predicted molar refractivity (Wildman–Crippen MR) is 192 cm³/mol. The topological polar surface area (TPSA) is 106 Å². The van der Waals surface area contributed by atoms with Gasteiger partial charge in [0.2, 0.25) is 5.91 Å². The number of para-hydroxylation sites is 2. The first-order valence-corrected chi connectivity index (χ1v) is 16.1. The van der Waals surface area contributed by atoms with Crippen LogP contribution in [0.25, 0.3) is 6.08 Å². The molecular formula is C38H32ClN3O5S. The maximum atomic E-state index is 13.8. The SMILES string of the molecule is COc1cccc(/C=C(/NC(=O)c2ccccc2)C(=O)Nc2cccc(SC(C(=O)Nc3ccccc3Cl)c3ccccc3)c2)c1OC. The maximum Gasteiger partial charge on any atom is 0.272 e. The lowest BCUT2D eigenvalue weighted by Crippen LogP contribution is -2.30. The molecule has 3 amide bonds. The molecule has 5 rings (SSSR count). The van der Waals surface area contributed by atoms with Gasteiger partial charge < -0.3 is 25.4 Å². The van der Waals surface area contributed by atoms with Crippen molar-refractivity contribution >= 4 is 58.5 Å². The largest absolute Gasteiger partial charge is 0.493 e. The van der Waals surface area contributed by atoms with Crippen molar-refractivity contribution in [3.63, 3.8) is 0 Å². The lowest BCUT2D eigenvalue weighted by atomic mass is 10.1. The normalized spacial score (nSPS) is 11.6. The molecule has 5 aromatic rings. The number of hydrogen-bond donors (Lipinski definition) is 3. The van der Waals surface area contributed by atoms with E-state index in [1.165, 1.54) is 32.1 Å². The van der Waals surface area contributed by atoms with E-state index < -0.39 is 17.1 Å². The third-order valence-electron chi connectivity index (χ3n) is 7.08. The molecular weight excluding hydrogens is 646 g/mol. The number of ether oxygens (including phenoxy) is 2. The Hall–Kier alpha value is -5.51. The third kappa shape index (κ3) is 8.64. The molecule has 0 aromatic heterocycles. The van der Waals surface area contributed by atoms with Gasteiger partial charge in [-0.25, -0.2) is 0 Å². The fraction of sp³-hybridized carbons (Fsp3) is 0.0789. The zero-order chi connectivity index (χ0) is 33.9. The van der Waals surface area contributed by atoms with E-state index in [2.05, 4.69) is 16.0 Å². The third-order valence-corrected chi connectivity index (χ3v) is 8.66. The summed E-state index contributed by atoms with van der Waals surface area (Å²) in [5.41, 5.74) is 2.65. The summed E-state index contributed by atoms with van der Waals surface area (Å²) in [7, 11) is 3.02. The molecule has 0 aliphatic rings. The van der Waals surface area contributed by atoms with Gasteiger partial charge in [-0.3, -0.25) is 14.4 Å². The molecule has 0 aliphatic heterocycles. The molecule has 0 bridgehead atoms. The average Bonchev–Trinajstić information content (AvgIpc) is 3.12. The summed E-state index contributed by atoms with van der Waals surface area (Å²) in [5.74, 6) is -0.410. The van der Waals surface area contributed by atoms with Crippen LogP contribution in [0.15, 0.2) is 138 Å². The number of carbonyl (C=O) groups excluding carboxylic acids is 3. The summed E-state index contributed by atoms with van der Waals surface area (Å²) in [4.78, 5) is 41.3. The highest BCUT2D eigenvalue weighted by Gasteiger charge is 2.23. The highest BCUT2D eigenvalue weighted by molar-refractivity contribution is 8.00. The highest BCUT2D eigenvalue weighted by atomic mass is 35.5. The Morgan fingerprint density at radius 2 is 1.44 bits per heavy atom. The number of amides is 3. The van der Waals surface area contributed by atoms with Crippen LogP contribution in [0.2, 0.25) is 5.02 Å². The monoisotopic (exact) mass is 677 g/mol. The van der Waals surface area contributed by atoms with Crippen molar-refractivity contribution in [2.75, 3.05) is 24.9 Å². The molecule has 8 nitrogen and oxygen atoms in total. The summed E-state index contributed by atoms with van der Waals surface area (Å²) in [6.07, 6.45) is 1.53. The zero-order valence-electron chi connectivity index (χ0n) is 26.1. The Kier molecular flexibility index (Phi) is 11.5. The molecule has 242 valence electrons. The van der Waals surface area contributed by atoms with Gasteiger partial charge in [0.1, 0.15) is 10.9 Å². The standard InChI is InChI=1S/C38H32ClN3O5S/c1-46-33-22-11-17-27(34(33)47-2)23-32(42-36(43)26-15-7-4-8-16-26)37(44)40-28-18-12-19-29(24-28)48-35(25-13-5-3-6-14-25)38(45)41-31-21-10-9-20-30(31)39/h3-24,35H,1-2H3,(H,40,44)(H,41,45)(H,42,43)/b32-23+. The van der Waals surface area contributed by atoms with Crippen LogP contribution in [-0.2, 0) is 9.59 Å². The number of anilines is 2. The molecule has 5 aromatic carbocycles. The Morgan fingerprint density at radius 1 is 0.750 bits per heavy atom. The van der Waals surface area contributed by atoms with Gasteiger partial charge >= 0.3 is 0 Å². The fourth-order valence-electron chi connectivity index (χ4n) is 4.77. The number of rotatable bonds is 12. The molecule has 48 heavy (non-hydrogen) atoms.